The van der Waals surface area contributed by atoms with Gasteiger partial charge < -0.3 is 15.5 Å². The minimum Gasteiger partial charge on any atom is -0.350 e. The fraction of sp³-hybridized carbons (Fsp3) is 0.556. The predicted octanol–water partition coefficient (Wildman–Crippen LogP) is 1.40. The number of benzene rings is 1. The summed E-state index contributed by atoms with van der Waals surface area (Å²) in [5.74, 6) is -0.115. The topological polar surface area (TPSA) is 64.7 Å². The monoisotopic (exact) mass is 332 g/mol. The largest absolute Gasteiger partial charge is 0.350 e. The minimum atomic E-state index is -0.100. The maximum absolute atomic E-state index is 12.2. The molecule has 2 rings (SSSR count). The van der Waals surface area contributed by atoms with Crippen molar-refractivity contribution in [3.8, 4) is 0 Å². The molecule has 0 aliphatic carbocycles. The predicted molar refractivity (Wildman–Crippen MR) is 96.2 cm³/mol. The van der Waals surface area contributed by atoms with E-state index in [1.165, 1.54) is 0 Å². The Balaban J connectivity index is 1.84. The molecule has 1 aliphatic heterocycles. The zero-order valence-corrected chi connectivity index (χ0v) is 14.8. The number of likely N-dealkylation sites (N-methyl/N-ethyl adjacent to an activating group) is 1. The summed E-state index contributed by atoms with van der Waals surface area (Å²) < 4.78 is 0. The highest BCUT2D eigenvalue weighted by Crippen LogP contribution is 2.10. The van der Waals surface area contributed by atoms with Crippen LogP contribution in [-0.2, 0) is 4.79 Å². The van der Waals surface area contributed by atoms with Crippen LogP contribution in [0, 0.1) is 0 Å². The molecule has 0 spiro atoms. The van der Waals surface area contributed by atoms with Gasteiger partial charge in [-0.3, -0.25) is 14.5 Å². The van der Waals surface area contributed by atoms with Gasteiger partial charge in [0.2, 0.25) is 5.91 Å². The molecule has 2 N–H and O–H groups in total. The lowest BCUT2D eigenvalue weighted by Crippen LogP contribution is -2.35. The van der Waals surface area contributed by atoms with Crippen LogP contribution in [0.3, 0.4) is 0 Å². The maximum Gasteiger partial charge on any atom is 0.251 e. The molecule has 0 atom stereocenters. The number of carbonyl (C=O) groups excluding carboxylic acids is 2. The Morgan fingerprint density at radius 2 is 1.79 bits per heavy atom. The van der Waals surface area contributed by atoms with E-state index in [9.17, 15) is 9.59 Å². The molecule has 1 aliphatic rings. The van der Waals surface area contributed by atoms with Crippen LogP contribution in [0.1, 0.15) is 30.6 Å². The van der Waals surface area contributed by atoms with Crippen molar-refractivity contribution in [2.24, 2.45) is 0 Å². The van der Waals surface area contributed by atoms with Crippen molar-refractivity contribution in [3.63, 3.8) is 0 Å². The van der Waals surface area contributed by atoms with Crippen LogP contribution in [0.5, 0.6) is 0 Å². The Hall–Kier alpha value is -1.92. The molecule has 1 aromatic carbocycles. The van der Waals surface area contributed by atoms with Gasteiger partial charge in [0.25, 0.3) is 5.91 Å². The van der Waals surface area contributed by atoms with E-state index in [0.29, 0.717) is 17.8 Å². The summed E-state index contributed by atoms with van der Waals surface area (Å²) in [7, 11) is 2.11. The molecule has 132 valence electrons. The molecule has 24 heavy (non-hydrogen) atoms. The normalized spacial score (nSPS) is 16.7. The number of amides is 2. The average Bonchev–Trinajstić information content (AvgIpc) is 2.72. The van der Waals surface area contributed by atoms with Crippen LogP contribution < -0.4 is 10.6 Å². The molecule has 1 fully saturated rings. The molecule has 0 bridgehead atoms. The van der Waals surface area contributed by atoms with Gasteiger partial charge in [0, 0.05) is 30.4 Å². The fourth-order valence-corrected chi connectivity index (χ4v) is 2.71. The lowest BCUT2D eigenvalue weighted by Gasteiger charge is -2.19. The van der Waals surface area contributed by atoms with Crippen molar-refractivity contribution < 1.29 is 9.59 Å². The first kappa shape index (κ1) is 18.4. The molecule has 1 heterocycles. The van der Waals surface area contributed by atoms with Gasteiger partial charge in [-0.15, -0.1) is 0 Å². The van der Waals surface area contributed by atoms with Gasteiger partial charge >= 0.3 is 0 Å². The van der Waals surface area contributed by atoms with Gasteiger partial charge in [-0.25, -0.2) is 0 Å². The fourth-order valence-electron chi connectivity index (χ4n) is 2.71. The van der Waals surface area contributed by atoms with Crippen molar-refractivity contribution in [2.75, 3.05) is 45.1 Å². The molecule has 1 saturated heterocycles. The van der Waals surface area contributed by atoms with Crippen molar-refractivity contribution in [1.82, 2.24) is 15.1 Å². The standard InChI is InChI=1S/C18H28N4O2/c1-14(2)19-18(24)15-5-7-16(8-6-15)20-17(23)13-22-10-4-9-21(3)11-12-22/h5-8,14H,4,9-13H2,1-3H3,(H,19,24)(H,20,23). The summed E-state index contributed by atoms with van der Waals surface area (Å²) in [6, 6.07) is 7.10. The van der Waals surface area contributed by atoms with E-state index >= 15 is 0 Å². The smallest absolute Gasteiger partial charge is 0.251 e. The number of rotatable bonds is 5. The lowest BCUT2D eigenvalue weighted by atomic mass is 10.2. The number of hydrogen-bond donors (Lipinski definition) is 2. The van der Waals surface area contributed by atoms with E-state index in [1.807, 2.05) is 13.8 Å². The molecule has 1 aromatic rings. The third kappa shape index (κ3) is 5.94. The highest BCUT2D eigenvalue weighted by Gasteiger charge is 2.15. The summed E-state index contributed by atoms with van der Waals surface area (Å²) in [6.07, 6.45) is 1.09. The van der Waals surface area contributed by atoms with Gasteiger partial charge in [0.05, 0.1) is 6.54 Å². The van der Waals surface area contributed by atoms with E-state index < -0.39 is 0 Å². The van der Waals surface area contributed by atoms with Gasteiger partial charge in [0.15, 0.2) is 0 Å². The Bertz CT molecular complexity index is 557. The van der Waals surface area contributed by atoms with Crippen LogP contribution in [0.15, 0.2) is 24.3 Å². The Morgan fingerprint density at radius 1 is 1.08 bits per heavy atom. The van der Waals surface area contributed by atoms with E-state index in [4.69, 9.17) is 0 Å². The molecule has 6 heteroatoms. The molecule has 2 amide bonds. The average molecular weight is 332 g/mol. The van der Waals surface area contributed by atoms with Crippen molar-refractivity contribution in [3.05, 3.63) is 29.8 Å². The zero-order chi connectivity index (χ0) is 17.5. The van der Waals surface area contributed by atoms with E-state index in [-0.39, 0.29) is 17.9 Å². The number of carbonyl (C=O) groups is 2. The maximum atomic E-state index is 12.2. The number of nitrogens with zero attached hydrogens (tertiary/aromatic N) is 2. The first-order chi connectivity index (χ1) is 11.4. The Kier molecular flexibility index (Phi) is 6.75. The molecular formula is C18H28N4O2. The van der Waals surface area contributed by atoms with Gasteiger partial charge in [-0.1, -0.05) is 0 Å². The van der Waals surface area contributed by atoms with Crippen LogP contribution >= 0.6 is 0 Å². The molecule has 0 radical (unpaired) electrons. The van der Waals surface area contributed by atoms with Gasteiger partial charge in [-0.2, -0.15) is 0 Å². The van der Waals surface area contributed by atoms with E-state index in [0.717, 1.165) is 32.6 Å². The number of nitrogens with one attached hydrogen (secondary N) is 2. The van der Waals surface area contributed by atoms with Crippen LogP contribution in [0.2, 0.25) is 0 Å². The van der Waals surface area contributed by atoms with Crippen molar-refractivity contribution in [1.29, 1.82) is 0 Å². The van der Waals surface area contributed by atoms with Crippen molar-refractivity contribution in [2.45, 2.75) is 26.3 Å². The molecule has 0 aromatic heterocycles. The molecule has 6 nitrogen and oxygen atoms in total. The summed E-state index contributed by atoms with van der Waals surface area (Å²) in [5, 5.41) is 5.75. The van der Waals surface area contributed by atoms with Crippen LogP contribution in [-0.4, -0.2) is 67.4 Å². The second kappa shape index (κ2) is 8.80. The first-order valence-electron chi connectivity index (χ1n) is 8.55. The van der Waals surface area contributed by atoms with Gasteiger partial charge in [-0.05, 0) is 64.7 Å². The summed E-state index contributed by atoms with van der Waals surface area (Å²) in [4.78, 5) is 28.6. The van der Waals surface area contributed by atoms with Crippen LogP contribution in [0.25, 0.3) is 0 Å². The van der Waals surface area contributed by atoms with Crippen LogP contribution in [0.4, 0.5) is 5.69 Å². The lowest BCUT2D eigenvalue weighted by molar-refractivity contribution is -0.117. The number of anilines is 1. The second-order valence-electron chi connectivity index (χ2n) is 6.69. The highest BCUT2D eigenvalue weighted by molar-refractivity contribution is 5.96. The third-order valence-corrected chi connectivity index (χ3v) is 4.03. The quantitative estimate of drug-likeness (QED) is 0.855. The SMILES string of the molecule is CC(C)NC(=O)c1ccc(NC(=O)CN2CCCN(C)CC2)cc1. The molecular weight excluding hydrogens is 304 g/mol. The number of hydrogen-bond acceptors (Lipinski definition) is 4. The summed E-state index contributed by atoms with van der Waals surface area (Å²) >= 11 is 0. The second-order valence-corrected chi connectivity index (χ2v) is 6.69. The highest BCUT2D eigenvalue weighted by atomic mass is 16.2. The Labute approximate surface area is 144 Å². The van der Waals surface area contributed by atoms with Gasteiger partial charge in [0.1, 0.15) is 0 Å². The van der Waals surface area contributed by atoms with E-state index in [2.05, 4.69) is 27.5 Å². The Morgan fingerprint density at radius 3 is 2.46 bits per heavy atom. The summed E-state index contributed by atoms with van der Waals surface area (Å²) in [6.45, 7) is 8.19. The van der Waals surface area contributed by atoms with Crippen molar-refractivity contribution >= 4 is 17.5 Å². The molecule has 0 saturated carbocycles. The summed E-state index contributed by atoms with van der Waals surface area (Å²) in [5.41, 5.74) is 1.31. The zero-order valence-electron chi connectivity index (χ0n) is 14.8. The molecule has 0 unspecified atom stereocenters. The van der Waals surface area contributed by atoms with E-state index in [1.54, 1.807) is 24.3 Å². The first-order valence-corrected chi connectivity index (χ1v) is 8.55. The third-order valence-electron chi connectivity index (χ3n) is 4.03. The minimum absolute atomic E-state index is 0.0149.